The molecule has 0 saturated heterocycles. The number of rotatable bonds is 6. The Kier molecular flexibility index (Phi) is 5.93. The van der Waals surface area contributed by atoms with Crippen molar-refractivity contribution < 1.29 is 0 Å². The molecule has 20 heavy (non-hydrogen) atoms. The van der Waals surface area contributed by atoms with Gasteiger partial charge in [0, 0.05) is 21.7 Å². The Morgan fingerprint density at radius 1 is 1.25 bits per heavy atom. The summed E-state index contributed by atoms with van der Waals surface area (Å²) in [5.74, 6) is 2.59. The van der Waals surface area contributed by atoms with E-state index in [1.165, 1.54) is 17.3 Å². The summed E-state index contributed by atoms with van der Waals surface area (Å²) in [6.07, 6.45) is 0. The first-order valence-corrected chi connectivity index (χ1v) is 8.72. The van der Waals surface area contributed by atoms with E-state index in [0.29, 0.717) is 5.03 Å². The maximum absolute atomic E-state index is 11.4. The average molecular weight is 374 g/mol. The Balaban J connectivity index is 1.74. The molecule has 0 aliphatic carbocycles. The number of aromatic nitrogens is 3. The highest BCUT2D eigenvalue weighted by Gasteiger charge is 2.03. The fraction of sp³-hybridized carbons (Fsp3) is 0.250. The number of nitrogens with zero attached hydrogens (tertiary/aromatic N) is 1. The highest BCUT2D eigenvalue weighted by Crippen LogP contribution is 2.18. The van der Waals surface area contributed by atoms with Gasteiger partial charge in [-0.1, -0.05) is 39.8 Å². The molecule has 1 heterocycles. The second-order valence-corrected chi connectivity index (χ2v) is 6.95. The molecule has 0 spiro atoms. The van der Waals surface area contributed by atoms with Gasteiger partial charge in [0.05, 0.1) is 0 Å². The molecular weight excluding hydrogens is 362 g/mol. The van der Waals surface area contributed by atoms with Crippen molar-refractivity contribution >= 4 is 39.5 Å². The Morgan fingerprint density at radius 3 is 2.85 bits per heavy atom. The van der Waals surface area contributed by atoms with Crippen LogP contribution in [0.2, 0.25) is 0 Å². The fourth-order valence-corrected chi connectivity index (χ4v) is 3.75. The zero-order chi connectivity index (χ0) is 14.4. The van der Waals surface area contributed by atoms with Crippen LogP contribution in [0.5, 0.6) is 0 Å². The summed E-state index contributed by atoms with van der Waals surface area (Å²) >= 11 is 6.57. The molecular formula is C12H12BrN3O2S2. The van der Waals surface area contributed by atoms with Crippen molar-refractivity contribution in [3.05, 3.63) is 55.1 Å². The van der Waals surface area contributed by atoms with E-state index in [1.807, 2.05) is 12.1 Å². The van der Waals surface area contributed by atoms with Gasteiger partial charge in [-0.25, -0.2) is 9.89 Å². The van der Waals surface area contributed by atoms with Gasteiger partial charge in [0.2, 0.25) is 0 Å². The Labute approximate surface area is 132 Å². The van der Waals surface area contributed by atoms with Crippen LogP contribution in [0, 0.1) is 0 Å². The smallest absolute Gasteiger partial charge is 0.271 e. The standard InChI is InChI=1S/C12H12BrN3O2S2/c13-9-3-1-2-8(6-9)7-19-4-5-20-11-10(17)14-12(18)16-15-11/h1-3,6H,4-5,7H2,(H2,14,16,17,18). The molecule has 2 N–H and O–H groups in total. The van der Waals surface area contributed by atoms with E-state index in [4.69, 9.17) is 0 Å². The minimum absolute atomic E-state index is 0.299. The Bertz CT molecular complexity index is 687. The number of hydrogen-bond donors (Lipinski definition) is 2. The molecule has 1 aromatic heterocycles. The zero-order valence-electron chi connectivity index (χ0n) is 10.4. The van der Waals surface area contributed by atoms with Gasteiger partial charge in [-0.3, -0.25) is 9.78 Å². The van der Waals surface area contributed by atoms with Crippen molar-refractivity contribution in [2.75, 3.05) is 11.5 Å². The third kappa shape index (κ3) is 4.84. The second kappa shape index (κ2) is 7.70. The Hall–Kier alpha value is -0.990. The van der Waals surface area contributed by atoms with E-state index in [1.54, 1.807) is 11.8 Å². The molecule has 1 aromatic carbocycles. The van der Waals surface area contributed by atoms with Crippen LogP contribution in [0.3, 0.4) is 0 Å². The third-order valence-corrected chi connectivity index (χ3v) is 5.04. The van der Waals surface area contributed by atoms with Crippen LogP contribution in [0.25, 0.3) is 0 Å². The molecule has 0 amide bonds. The molecule has 106 valence electrons. The molecule has 0 fully saturated rings. The number of nitrogens with one attached hydrogen (secondary N) is 2. The second-order valence-electron chi connectivity index (χ2n) is 3.84. The van der Waals surface area contributed by atoms with Crippen LogP contribution in [0.1, 0.15) is 5.56 Å². The topological polar surface area (TPSA) is 78.6 Å². The number of H-pyrrole nitrogens is 2. The first-order chi connectivity index (χ1) is 9.65. The highest BCUT2D eigenvalue weighted by atomic mass is 79.9. The van der Waals surface area contributed by atoms with Crippen LogP contribution >= 0.6 is 39.5 Å². The molecule has 2 rings (SSSR count). The molecule has 0 atom stereocenters. The molecule has 2 aromatic rings. The van der Waals surface area contributed by atoms with Gasteiger partial charge >= 0.3 is 5.69 Å². The maximum atomic E-state index is 11.4. The van der Waals surface area contributed by atoms with Crippen molar-refractivity contribution in [2.24, 2.45) is 0 Å². The fourth-order valence-electron chi connectivity index (χ4n) is 1.45. The van der Waals surface area contributed by atoms with Crippen LogP contribution in [-0.2, 0) is 5.75 Å². The number of aromatic amines is 2. The minimum Gasteiger partial charge on any atom is -0.271 e. The van der Waals surface area contributed by atoms with Crippen LogP contribution in [0.15, 0.2) is 43.4 Å². The largest absolute Gasteiger partial charge is 0.342 e. The summed E-state index contributed by atoms with van der Waals surface area (Å²) < 4.78 is 1.08. The highest BCUT2D eigenvalue weighted by molar-refractivity contribution is 9.10. The average Bonchev–Trinajstić information content (AvgIpc) is 2.41. The third-order valence-electron chi connectivity index (χ3n) is 2.30. The lowest BCUT2D eigenvalue weighted by atomic mass is 10.2. The maximum Gasteiger partial charge on any atom is 0.342 e. The molecule has 0 saturated carbocycles. The van der Waals surface area contributed by atoms with Crippen LogP contribution in [0.4, 0.5) is 0 Å². The molecule has 8 heteroatoms. The number of benzene rings is 1. The van der Waals surface area contributed by atoms with E-state index in [-0.39, 0.29) is 0 Å². The summed E-state index contributed by atoms with van der Waals surface area (Å²) in [4.78, 5) is 24.4. The summed E-state index contributed by atoms with van der Waals surface area (Å²) in [5, 5.41) is 6.23. The number of thioether (sulfide) groups is 2. The van der Waals surface area contributed by atoms with Crippen molar-refractivity contribution in [1.82, 2.24) is 15.2 Å². The van der Waals surface area contributed by atoms with Crippen molar-refractivity contribution in [2.45, 2.75) is 10.8 Å². The summed E-state index contributed by atoms with van der Waals surface area (Å²) in [7, 11) is 0. The SMILES string of the molecule is O=c1[nH]nc(SCCSCc2cccc(Br)c2)c(=O)[nH]1. The number of halogens is 1. The minimum atomic E-state index is -0.580. The van der Waals surface area contributed by atoms with Gasteiger partial charge in [-0.15, -0.1) is 0 Å². The van der Waals surface area contributed by atoms with E-state index in [2.05, 4.69) is 43.2 Å². The Morgan fingerprint density at radius 2 is 2.10 bits per heavy atom. The van der Waals surface area contributed by atoms with E-state index >= 15 is 0 Å². The zero-order valence-corrected chi connectivity index (χ0v) is 13.6. The quantitative estimate of drug-likeness (QED) is 0.599. The first-order valence-electron chi connectivity index (χ1n) is 5.79. The summed E-state index contributed by atoms with van der Waals surface area (Å²) in [6, 6.07) is 8.18. The normalized spacial score (nSPS) is 10.7. The van der Waals surface area contributed by atoms with Gasteiger partial charge in [-0.2, -0.15) is 16.9 Å². The van der Waals surface area contributed by atoms with Crippen LogP contribution in [-0.4, -0.2) is 26.7 Å². The molecule has 0 radical (unpaired) electrons. The van der Waals surface area contributed by atoms with E-state index < -0.39 is 11.2 Å². The number of hydrogen-bond acceptors (Lipinski definition) is 5. The first kappa shape index (κ1) is 15.4. The van der Waals surface area contributed by atoms with Crippen molar-refractivity contribution in [3.8, 4) is 0 Å². The lowest BCUT2D eigenvalue weighted by Gasteiger charge is -2.02. The van der Waals surface area contributed by atoms with Gasteiger partial charge in [-0.05, 0) is 17.7 Å². The van der Waals surface area contributed by atoms with Crippen molar-refractivity contribution in [3.63, 3.8) is 0 Å². The lowest BCUT2D eigenvalue weighted by Crippen LogP contribution is -2.25. The predicted octanol–water partition coefficient (Wildman–Crippen LogP) is 2.25. The molecule has 0 bridgehead atoms. The van der Waals surface area contributed by atoms with Crippen molar-refractivity contribution in [1.29, 1.82) is 0 Å². The monoisotopic (exact) mass is 373 g/mol. The van der Waals surface area contributed by atoms with Crippen LogP contribution < -0.4 is 11.2 Å². The predicted molar refractivity (Wildman–Crippen MR) is 86.5 cm³/mol. The molecule has 0 aliphatic heterocycles. The van der Waals surface area contributed by atoms with Gasteiger partial charge in [0.15, 0.2) is 5.03 Å². The van der Waals surface area contributed by atoms with E-state index in [9.17, 15) is 9.59 Å². The molecule has 0 unspecified atom stereocenters. The van der Waals surface area contributed by atoms with Gasteiger partial charge in [0.1, 0.15) is 0 Å². The van der Waals surface area contributed by atoms with Gasteiger partial charge in [0.25, 0.3) is 5.56 Å². The summed E-state index contributed by atoms with van der Waals surface area (Å²) in [5.41, 5.74) is 0.244. The van der Waals surface area contributed by atoms with Gasteiger partial charge < -0.3 is 0 Å². The molecule has 0 aliphatic rings. The summed E-state index contributed by atoms with van der Waals surface area (Å²) in [6.45, 7) is 0. The lowest BCUT2D eigenvalue weighted by molar-refractivity contribution is 0.807. The molecule has 5 nitrogen and oxygen atoms in total. The van der Waals surface area contributed by atoms with E-state index in [0.717, 1.165) is 21.7 Å².